The molecule has 0 saturated carbocycles. The van der Waals surface area contributed by atoms with Crippen molar-refractivity contribution in [1.29, 1.82) is 0 Å². The molecule has 3 rings (SSSR count). The van der Waals surface area contributed by atoms with E-state index in [2.05, 4.69) is 9.97 Å². The molecule has 0 unspecified atom stereocenters. The zero-order valence-corrected chi connectivity index (χ0v) is 10.2. The van der Waals surface area contributed by atoms with E-state index in [4.69, 9.17) is 4.74 Å². The molecule has 1 N–H and O–H groups in total. The van der Waals surface area contributed by atoms with Crippen molar-refractivity contribution >= 4 is 17.3 Å². The van der Waals surface area contributed by atoms with Gasteiger partial charge in [0.15, 0.2) is 6.29 Å². The second-order valence-electron chi connectivity index (χ2n) is 4.14. The van der Waals surface area contributed by atoms with Gasteiger partial charge in [-0.2, -0.15) is 0 Å². The Morgan fingerprint density at radius 2 is 1.89 bits per heavy atom. The van der Waals surface area contributed by atoms with Crippen LogP contribution in [0.2, 0.25) is 0 Å². The normalized spacial score (nSPS) is 10.5. The number of hydrogen-bond donors (Lipinski definition) is 1. The summed E-state index contributed by atoms with van der Waals surface area (Å²) >= 11 is 0. The molecule has 0 saturated heterocycles. The molecule has 0 amide bonds. The topological polar surface area (TPSA) is 55.0 Å². The third kappa shape index (κ3) is 2.33. The van der Waals surface area contributed by atoms with Crippen LogP contribution in [0.5, 0.6) is 5.75 Å². The molecule has 1 aromatic heterocycles. The Morgan fingerprint density at radius 3 is 2.74 bits per heavy atom. The molecular formula is C15H12N2O2. The van der Waals surface area contributed by atoms with Crippen molar-refractivity contribution in [3.05, 3.63) is 59.9 Å². The van der Waals surface area contributed by atoms with Crippen molar-refractivity contribution in [3.8, 4) is 5.75 Å². The number of hydrogen-bond acceptors (Lipinski definition) is 3. The number of aromatic nitrogens is 2. The second kappa shape index (κ2) is 4.94. The van der Waals surface area contributed by atoms with Crippen molar-refractivity contribution in [2.75, 3.05) is 0 Å². The molecule has 0 spiro atoms. The number of fused-ring (bicyclic) bond motifs is 1. The van der Waals surface area contributed by atoms with Gasteiger partial charge in [0.1, 0.15) is 18.2 Å². The van der Waals surface area contributed by atoms with E-state index in [0.29, 0.717) is 17.9 Å². The number of carbonyl (C=O) groups is 1. The monoisotopic (exact) mass is 252 g/mol. The Bertz CT molecular complexity index is 686. The standard InChI is InChI=1S/C15H12N2O2/c18-9-11-5-1-4-8-14(11)19-10-15-16-12-6-2-3-7-13(12)17-15/h1-9H,10H2,(H,16,17). The van der Waals surface area contributed by atoms with E-state index in [1.165, 1.54) is 0 Å². The lowest BCUT2D eigenvalue weighted by Crippen LogP contribution is -1.99. The molecule has 1 heterocycles. The molecule has 3 aromatic rings. The first-order chi connectivity index (χ1) is 9.36. The predicted molar refractivity (Wildman–Crippen MR) is 72.3 cm³/mol. The van der Waals surface area contributed by atoms with Crippen LogP contribution in [0.1, 0.15) is 16.2 Å². The first kappa shape index (κ1) is 11.5. The summed E-state index contributed by atoms with van der Waals surface area (Å²) in [6, 6.07) is 14.9. The lowest BCUT2D eigenvalue weighted by molar-refractivity contribution is 0.111. The number of para-hydroxylation sites is 3. The van der Waals surface area contributed by atoms with Crippen LogP contribution < -0.4 is 4.74 Å². The number of H-pyrrole nitrogens is 1. The average molecular weight is 252 g/mol. The van der Waals surface area contributed by atoms with E-state index in [-0.39, 0.29) is 0 Å². The number of imidazole rings is 1. The van der Waals surface area contributed by atoms with Gasteiger partial charge in [-0.05, 0) is 24.3 Å². The fourth-order valence-electron chi connectivity index (χ4n) is 1.93. The van der Waals surface area contributed by atoms with Gasteiger partial charge in [0, 0.05) is 0 Å². The van der Waals surface area contributed by atoms with Gasteiger partial charge in [0.05, 0.1) is 16.6 Å². The van der Waals surface area contributed by atoms with Crippen LogP contribution in [0.4, 0.5) is 0 Å². The van der Waals surface area contributed by atoms with E-state index in [1.54, 1.807) is 18.2 Å². The van der Waals surface area contributed by atoms with E-state index in [9.17, 15) is 4.79 Å². The maximum Gasteiger partial charge on any atom is 0.153 e. The van der Waals surface area contributed by atoms with Crippen LogP contribution in [-0.4, -0.2) is 16.3 Å². The zero-order valence-electron chi connectivity index (χ0n) is 10.2. The number of rotatable bonds is 4. The van der Waals surface area contributed by atoms with Gasteiger partial charge >= 0.3 is 0 Å². The molecule has 4 heteroatoms. The number of aldehydes is 1. The fourth-order valence-corrected chi connectivity index (χ4v) is 1.93. The highest BCUT2D eigenvalue weighted by molar-refractivity contribution is 5.79. The van der Waals surface area contributed by atoms with Crippen LogP contribution in [0.15, 0.2) is 48.5 Å². The molecule has 0 aliphatic carbocycles. The minimum absolute atomic E-state index is 0.305. The minimum Gasteiger partial charge on any atom is -0.485 e. The summed E-state index contributed by atoms with van der Waals surface area (Å²) in [5.41, 5.74) is 2.42. The van der Waals surface area contributed by atoms with Crippen molar-refractivity contribution in [2.24, 2.45) is 0 Å². The van der Waals surface area contributed by atoms with Gasteiger partial charge in [-0.3, -0.25) is 4.79 Å². The number of aromatic amines is 1. The summed E-state index contributed by atoms with van der Waals surface area (Å²) in [6.07, 6.45) is 0.786. The highest BCUT2D eigenvalue weighted by Gasteiger charge is 2.05. The molecule has 0 bridgehead atoms. The second-order valence-corrected chi connectivity index (χ2v) is 4.14. The predicted octanol–water partition coefficient (Wildman–Crippen LogP) is 2.95. The molecule has 4 nitrogen and oxygen atoms in total. The lowest BCUT2D eigenvalue weighted by atomic mass is 10.2. The van der Waals surface area contributed by atoms with Crippen molar-refractivity contribution in [1.82, 2.24) is 9.97 Å². The maximum absolute atomic E-state index is 10.9. The fraction of sp³-hybridized carbons (Fsp3) is 0.0667. The summed E-state index contributed by atoms with van der Waals surface area (Å²) < 4.78 is 5.62. The van der Waals surface area contributed by atoms with E-state index in [1.807, 2.05) is 30.3 Å². The van der Waals surface area contributed by atoms with Crippen molar-refractivity contribution < 1.29 is 9.53 Å². The van der Waals surface area contributed by atoms with Crippen LogP contribution in [-0.2, 0) is 6.61 Å². The molecular weight excluding hydrogens is 240 g/mol. The molecule has 2 aromatic carbocycles. The van der Waals surface area contributed by atoms with Crippen LogP contribution in [0.3, 0.4) is 0 Å². The molecule has 0 aliphatic heterocycles. The van der Waals surface area contributed by atoms with Gasteiger partial charge in [0.2, 0.25) is 0 Å². The first-order valence-corrected chi connectivity index (χ1v) is 5.97. The van der Waals surface area contributed by atoms with Crippen molar-refractivity contribution in [2.45, 2.75) is 6.61 Å². The molecule has 0 radical (unpaired) electrons. The summed E-state index contributed by atoms with van der Waals surface area (Å²) in [4.78, 5) is 18.5. The number of nitrogens with one attached hydrogen (secondary N) is 1. The molecule has 94 valence electrons. The SMILES string of the molecule is O=Cc1ccccc1OCc1nc2ccccc2[nH]1. The highest BCUT2D eigenvalue weighted by Crippen LogP contribution is 2.17. The Labute approximate surface area is 110 Å². The van der Waals surface area contributed by atoms with Gasteiger partial charge in [-0.25, -0.2) is 4.98 Å². The summed E-state index contributed by atoms with van der Waals surface area (Å²) in [7, 11) is 0. The van der Waals surface area contributed by atoms with Gasteiger partial charge in [-0.1, -0.05) is 24.3 Å². The van der Waals surface area contributed by atoms with E-state index >= 15 is 0 Å². The Balaban J connectivity index is 1.80. The van der Waals surface area contributed by atoms with Gasteiger partial charge < -0.3 is 9.72 Å². The number of benzene rings is 2. The Morgan fingerprint density at radius 1 is 1.11 bits per heavy atom. The van der Waals surface area contributed by atoms with E-state index in [0.717, 1.165) is 23.1 Å². The Hall–Kier alpha value is -2.62. The lowest BCUT2D eigenvalue weighted by Gasteiger charge is -2.05. The summed E-state index contributed by atoms with van der Waals surface area (Å²) in [5, 5.41) is 0. The highest BCUT2D eigenvalue weighted by atomic mass is 16.5. The molecule has 0 atom stereocenters. The van der Waals surface area contributed by atoms with E-state index < -0.39 is 0 Å². The smallest absolute Gasteiger partial charge is 0.153 e. The van der Waals surface area contributed by atoms with Gasteiger partial charge in [0.25, 0.3) is 0 Å². The maximum atomic E-state index is 10.9. The molecule has 0 aliphatic rings. The summed E-state index contributed by atoms with van der Waals surface area (Å²) in [5.74, 6) is 1.31. The zero-order chi connectivity index (χ0) is 13.1. The van der Waals surface area contributed by atoms with Crippen LogP contribution in [0.25, 0.3) is 11.0 Å². The molecule has 0 fully saturated rings. The first-order valence-electron chi connectivity index (χ1n) is 5.97. The molecule has 19 heavy (non-hydrogen) atoms. The number of nitrogens with zero attached hydrogens (tertiary/aromatic N) is 1. The quantitative estimate of drug-likeness (QED) is 0.726. The largest absolute Gasteiger partial charge is 0.485 e. The third-order valence-electron chi connectivity index (χ3n) is 2.85. The number of carbonyl (C=O) groups excluding carboxylic acids is 1. The van der Waals surface area contributed by atoms with Crippen molar-refractivity contribution in [3.63, 3.8) is 0 Å². The minimum atomic E-state index is 0.305. The average Bonchev–Trinajstić information content (AvgIpc) is 2.88. The summed E-state index contributed by atoms with van der Waals surface area (Å²) in [6.45, 7) is 0.305. The number of ether oxygens (including phenoxy) is 1. The van der Waals surface area contributed by atoms with Crippen LogP contribution >= 0.6 is 0 Å². The Kier molecular flexibility index (Phi) is 2.98. The van der Waals surface area contributed by atoms with Gasteiger partial charge in [-0.15, -0.1) is 0 Å². The van der Waals surface area contributed by atoms with Crippen LogP contribution in [0, 0.1) is 0 Å². The third-order valence-corrected chi connectivity index (χ3v) is 2.85.